The monoisotopic (exact) mass is 274 g/mol. The third-order valence-electron chi connectivity index (χ3n) is 4.69. The molecule has 2 aliphatic rings. The largest absolute Gasteiger partial charge is 0.493 e. The number of benzene rings is 1. The van der Waals surface area contributed by atoms with E-state index in [0.717, 1.165) is 30.6 Å². The van der Waals surface area contributed by atoms with E-state index >= 15 is 0 Å². The number of ether oxygens (including phenoxy) is 1. The normalized spacial score (nSPS) is 25.9. The molecule has 0 radical (unpaired) electrons. The van der Waals surface area contributed by atoms with Crippen molar-refractivity contribution < 1.29 is 4.74 Å². The van der Waals surface area contributed by atoms with Crippen molar-refractivity contribution in [2.24, 2.45) is 11.8 Å². The van der Waals surface area contributed by atoms with Gasteiger partial charge in [0.2, 0.25) is 0 Å². The maximum absolute atomic E-state index is 5.93. The highest BCUT2D eigenvalue weighted by molar-refractivity contribution is 5.35. The number of nitrogens with zero attached hydrogens (tertiary/aromatic N) is 1. The van der Waals surface area contributed by atoms with E-state index in [9.17, 15) is 0 Å². The van der Waals surface area contributed by atoms with Gasteiger partial charge in [0.25, 0.3) is 0 Å². The average molecular weight is 274 g/mol. The Morgan fingerprint density at radius 2 is 1.95 bits per heavy atom. The second-order valence-corrected chi connectivity index (χ2v) is 6.41. The summed E-state index contributed by atoms with van der Waals surface area (Å²) in [4.78, 5) is 2.61. The summed E-state index contributed by atoms with van der Waals surface area (Å²) < 4.78 is 5.93. The molecular weight excluding hydrogens is 248 g/mol. The average Bonchev–Trinajstić information content (AvgIpc) is 2.99. The molecule has 0 bridgehead atoms. The molecule has 2 fully saturated rings. The van der Waals surface area contributed by atoms with Gasteiger partial charge in [0.05, 0.1) is 6.61 Å². The number of aryl methyl sites for hydroxylation is 2. The molecule has 2 atom stereocenters. The van der Waals surface area contributed by atoms with Gasteiger partial charge < -0.3 is 15.0 Å². The molecule has 1 aromatic carbocycles. The molecule has 2 heterocycles. The lowest BCUT2D eigenvalue weighted by atomic mass is 10.0. The molecule has 0 saturated carbocycles. The Labute approximate surface area is 122 Å². The van der Waals surface area contributed by atoms with Crippen LogP contribution in [0.2, 0.25) is 0 Å². The predicted molar refractivity (Wildman–Crippen MR) is 82.3 cm³/mol. The van der Waals surface area contributed by atoms with Gasteiger partial charge in [-0.25, -0.2) is 0 Å². The van der Waals surface area contributed by atoms with Gasteiger partial charge in [0, 0.05) is 19.6 Å². The summed E-state index contributed by atoms with van der Waals surface area (Å²) in [6, 6.07) is 6.42. The zero-order valence-electron chi connectivity index (χ0n) is 12.7. The first-order chi connectivity index (χ1) is 9.72. The van der Waals surface area contributed by atoms with Crippen LogP contribution in [0.1, 0.15) is 17.5 Å². The molecule has 0 aliphatic carbocycles. The first kappa shape index (κ1) is 13.9. The van der Waals surface area contributed by atoms with Crippen molar-refractivity contribution in [1.29, 1.82) is 0 Å². The summed E-state index contributed by atoms with van der Waals surface area (Å²) in [5, 5.41) is 3.49. The number of hydrogen-bond donors (Lipinski definition) is 1. The Morgan fingerprint density at radius 3 is 2.70 bits per heavy atom. The van der Waals surface area contributed by atoms with Crippen LogP contribution in [0, 0.1) is 25.7 Å². The molecular formula is C17H26N2O. The van der Waals surface area contributed by atoms with Gasteiger partial charge in [-0.15, -0.1) is 0 Å². The minimum absolute atomic E-state index is 0.828. The number of rotatable bonds is 5. The van der Waals surface area contributed by atoms with Gasteiger partial charge in [-0.1, -0.05) is 12.1 Å². The molecule has 1 N–H and O–H groups in total. The molecule has 0 aromatic heterocycles. The molecule has 3 heteroatoms. The quantitative estimate of drug-likeness (QED) is 0.833. The van der Waals surface area contributed by atoms with Crippen LogP contribution in [0.25, 0.3) is 0 Å². The summed E-state index contributed by atoms with van der Waals surface area (Å²) in [5.74, 6) is 2.84. The molecule has 2 aliphatic heterocycles. The minimum atomic E-state index is 0.828. The highest BCUT2D eigenvalue weighted by Gasteiger charge is 2.35. The van der Waals surface area contributed by atoms with Gasteiger partial charge >= 0.3 is 0 Å². The molecule has 3 rings (SSSR count). The number of nitrogens with one attached hydrogen (secondary N) is 1. The van der Waals surface area contributed by atoms with E-state index in [0.29, 0.717) is 0 Å². The lowest BCUT2D eigenvalue weighted by Gasteiger charge is -2.17. The lowest BCUT2D eigenvalue weighted by molar-refractivity contribution is 0.253. The Kier molecular flexibility index (Phi) is 4.27. The minimum Gasteiger partial charge on any atom is -0.493 e. The molecule has 3 nitrogen and oxygen atoms in total. The summed E-state index contributed by atoms with van der Waals surface area (Å²) in [7, 11) is 0. The molecule has 1 aromatic rings. The maximum atomic E-state index is 5.93. The fraction of sp³-hybridized carbons (Fsp3) is 0.647. The van der Waals surface area contributed by atoms with E-state index in [1.165, 1.54) is 43.9 Å². The summed E-state index contributed by atoms with van der Waals surface area (Å²) in [5.41, 5.74) is 2.50. The van der Waals surface area contributed by atoms with Crippen molar-refractivity contribution in [2.45, 2.75) is 20.3 Å². The second kappa shape index (κ2) is 6.15. The van der Waals surface area contributed by atoms with Gasteiger partial charge in [0.15, 0.2) is 0 Å². The topological polar surface area (TPSA) is 24.5 Å². The van der Waals surface area contributed by atoms with Crippen LogP contribution in [0.4, 0.5) is 0 Å². The SMILES string of the molecule is Cc1ccc(C)c(OCCCN2C[C@H]3CNC[C@H]3C2)c1. The third-order valence-corrected chi connectivity index (χ3v) is 4.69. The number of likely N-dealkylation sites (tertiary alicyclic amines) is 1. The summed E-state index contributed by atoms with van der Waals surface area (Å²) >= 11 is 0. The van der Waals surface area contributed by atoms with E-state index in [1.54, 1.807) is 0 Å². The maximum Gasteiger partial charge on any atom is 0.122 e. The van der Waals surface area contributed by atoms with Gasteiger partial charge in [-0.05, 0) is 62.4 Å². The van der Waals surface area contributed by atoms with E-state index in [1.807, 2.05) is 0 Å². The van der Waals surface area contributed by atoms with E-state index in [-0.39, 0.29) is 0 Å². The molecule has 20 heavy (non-hydrogen) atoms. The van der Waals surface area contributed by atoms with Crippen molar-refractivity contribution in [3.8, 4) is 5.75 Å². The van der Waals surface area contributed by atoms with E-state index < -0.39 is 0 Å². The molecule has 110 valence electrons. The standard InChI is InChI=1S/C17H26N2O/c1-13-4-5-14(2)17(8-13)20-7-3-6-19-11-15-9-18-10-16(15)12-19/h4-5,8,15-16,18H,3,6-7,9-12H2,1-2H3/t15-,16+. The van der Waals surface area contributed by atoms with Crippen molar-refractivity contribution in [2.75, 3.05) is 39.3 Å². The van der Waals surface area contributed by atoms with Crippen LogP contribution in [-0.2, 0) is 0 Å². The van der Waals surface area contributed by atoms with Gasteiger partial charge in [0.1, 0.15) is 5.75 Å². The highest BCUT2D eigenvalue weighted by atomic mass is 16.5. The molecule has 2 saturated heterocycles. The molecule has 0 spiro atoms. The zero-order chi connectivity index (χ0) is 13.9. The first-order valence-electron chi connectivity index (χ1n) is 7.85. The van der Waals surface area contributed by atoms with Crippen molar-refractivity contribution in [3.05, 3.63) is 29.3 Å². The zero-order valence-corrected chi connectivity index (χ0v) is 12.7. The highest BCUT2D eigenvalue weighted by Crippen LogP contribution is 2.26. The summed E-state index contributed by atoms with van der Waals surface area (Å²) in [6.45, 7) is 11.2. The molecule has 0 amide bonds. The number of fused-ring (bicyclic) bond motifs is 1. The van der Waals surface area contributed by atoms with Gasteiger partial charge in [-0.3, -0.25) is 0 Å². The van der Waals surface area contributed by atoms with Crippen molar-refractivity contribution >= 4 is 0 Å². The first-order valence-corrected chi connectivity index (χ1v) is 7.85. The fourth-order valence-corrected chi connectivity index (χ4v) is 3.47. The smallest absolute Gasteiger partial charge is 0.122 e. The molecule has 0 unspecified atom stereocenters. The second-order valence-electron chi connectivity index (χ2n) is 6.41. The Morgan fingerprint density at radius 1 is 1.20 bits per heavy atom. The van der Waals surface area contributed by atoms with Crippen LogP contribution in [0.15, 0.2) is 18.2 Å². The van der Waals surface area contributed by atoms with Crippen LogP contribution >= 0.6 is 0 Å². The van der Waals surface area contributed by atoms with Crippen LogP contribution < -0.4 is 10.1 Å². The van der Waals surface area contributed by atoms with Crippen LogP contribution in [0.5, 0.6) is 5.75 Å². The number of hydrogen-bond acceptors (Lipinski definition) is 3. The summed E-state index contributed by atoms with van der Waals surface area (Å²) in [6.07, 6.45) is 1.13. The van der Waals surface area contributed by atoms with Crippen molar-refractivity contribution in [3.63, 3.8) is 0 Å². The third kappa shape index (κ3) is 3.15. The van der Waals surface area contributed by atoms with Gasteiger partial charge in [-0.2, -0.15) is 0 Å². The Balaban J connectivity index is 1.39. The fourth-order valence-electron chi connectivity index (χ4n) is 3.47. The van der Waals surface area contributed by atoms with Crippen molar-refractivity contribution in [1.82, 2.24) is 10.2 Å². The van der Waals surface area contributed by atoms with E-state index in [2.05, 4.69) is 42.3 Å². The lowest BCUT2D eigenvalue weighted by Crippen LogP contribution is -2.27. The van der Waals surface area contributed by atoms with Crippen LogP contribution in [0.3, 0.4) is 0 Å². The van der Waals surface area contributed by atoms with Crippen LogP contribution in [-0.4, -0.2) is 44.2 Å². The Hall–Kier alpha value is -1.06. The Bertz CT molecular complexity index is 448. The predicted octanol–water partition coefficient (Wildman–Crippen LogP) is 2.22. The van der Waals surface area contributed by atoms with E-state index in [4.69, 9.17) is 4.74 Å².